The highest BCUT2D eigenvalue weighted by Gasteiger charge is 2.32. The number of primary amides is 1. The number of hydrogen-bond acceptors (Lipinski definition) is 5. The second-order valence-corrected chi connectivity index (χ2v) is 6.83. The standard InChI is InChI=1S/C16H25N5O3/c1-11-18-14(24-19-11)9-12-4-7-20(8-5-12)15(22)13-3-2-6-21(10-13)16(17)23/h12-13H,2-10H2,1H3,(H2,17,23)/t13-/m1/s1. The van der Waals surface area contributed by atoms with Crippen molar-refractivity contribution in [2.45, 2.75) is 39.0 Å². The molecule has 8 heteroatoms. The largest absolute Gasteiger partial charge is 0.351 e. The van der Waals surface area contributed by atoms with Gasteiger partial charge in [0, 0.05) is 32.6 Å². The molecule has 0 saturated carbocycles. The number of aromatic nitrogens is 2. The predicted octanol–water partition coefficient (Wildman–Crippen LogP) is 0.950. The van der Waals surface area contributed by atoms with Crippen molar-refractivity contribution in [3.05, 3.63) is 11.7 Å². The maximum absolute atomic E-state index is 12.7. The molecule has 24 heavy (non-hydrogen) atoms. The van der Waals surface area contributed by atoms with Crippen molar-refractivity contribution in [3.63, 3.8) is 0 Å². The number of piperidine rings is 2. The summed E-state index contributed by atoms with van der Waals surface area (Å²) >= 11 is 0. The Balaban J connectivity index is 1.49. The summed E-state index contributed by atoms with van der Waals surface area (Å²) in [7, 11) is 0. The molecule has 2 fully saturated rings. The molecule has 3 amide bonds. The van der Waals surface area contributed by atoms with Crippen molar-refractivity contribution in [2.75, 3.05) is 26.2 Å². The van der Waals surface area contributed by atoms with E-state index in [1.165, 1.54) is 0 Å². The third-order valence-corrected chi connectivity index (χ3v) is 5.04. The molecular formula is C16H25N5O3. The smallest absolute Gasteiger partial charge is 0.314 e. The average Bonchev–Trinajstić information content (AvgIpc) is 3.00. The van der Waals surface area contributed by atoms with Crippen LogP contribution in [0.25, 0.3) is 0 Å². The van der Waals surface area contributed by atoms with Crippen LogP contribution in [0.2, 0.25) is 0 Å². The topological polar surface area (TPSA) is 106 Å². The van der Waals surface area contributed by atoms with Gasteiger partial charge in [-0.05, 0) is 38.5 Å². The van der Waals surface area contributed by atoms with Crippen molar-refractivity contribution in [2.24, 2.45) is 17.6 Å². The molecule has 132 valence electrons. The van der Waals surface area contributed by atoms with Gasteiger partial charge in [-0.2, -0.15) is 4.98 Å². The number of carbonyl (C=O) groups is 2. The number of urea groups is 1. The Labute approximate surface area is 141 Å². The van der Waals surface area contributed by atoms with Gasteiger partial charge in [0.1, 0.15) is 0 Å². The van der Waals surface area contributed by atoms with Gasteiger partial charge in [-0.1, -0.05) is 5.16 Å². The molecule has 0 radical (unpaired) electrons. The molecule has 0 aromatic carbocycles. The number of nitrogens with two attached hydrogens (primary N) is 1. The van der Waals surface area contributed by atoms with E-state index in [1.807, 2.05) is 11.8 Å². The molecule has 2 aliphatic heterocycles. The second-order valence-electron chi connectivity index (χ2n) is 6.83. The van der Waals surface area contributed by atoms with Crippen LogP contribution >= 0.6 is 0 Å². The van der Waals surface area contributed by atoms with Gasteiger partial charge in [0.05, 0.1) is 5.92 Å². The van der Waals surface area contributed by atoms with Gasteiger partial charge in [0.2, 0.25) is 11.8 Å². The van der Waals surface area contributed by atoms with E-state index >= 15 is 0 Å². The predicted molar refractivity (Wildman–Crippen MR) is 85.9 cm³/mol. The Hall–Kier alpha value is -2.12. The zero-order chi connectivity index (χ0) is 17.1. The van der Waals surface area contributed by atoms with Gasteiger partial charge < -0.3 is 20.1 Å². The van der Waals surface area contributed by atoms with Gasteiger partial charge in [0.15, 0.2) is 5.82 Å². The fourth-order valence-corrected chi connectivity index (χ4v) is 3.66. The van der Waals surface area contributed by atoms with E-state index in [0.29, 0.717) is 30.7 Å². The monoisotopic (exact) mass is 335 g/mol. The van der Waals surface area contributed by atoms with Crippen LogP contribution in [0, 0.1) is 18.8 Å². The number of rotatable bonds is 3. The van der Waals surface area contributed by atoms with Crippen molar-refractivity contribution < 1.29 is 14.1 Å². The fraction of sp³-hybridized carbons (Fsp3) is 0.750. The van der Waals surface area contributed by atoms with E-state index in [1.54, 1.807) is 4.90 Å². The Morgan fingerprint density at radius 3 is 2.58 bits per heavy atom. The maximum Gasteiger partial charge on any atom is 0.314 e. The second kappa shape index (κ2) is 7.19. The first-order valence-electron chi connectivity index (χ1n) is 8.65. The van der Waals surface area contributed by atoms with Crippen molar-refractivity contribution in [1.82, 2.24) is 19.9 Å². The number of amides is 3. The van der Waals surface area contributed by atoms with E-state index in [4.69, 9.17) is 10.3 Å². The van der Waals surface area contributed by atoms with E-state index in [0.717, 1.165) is 45.2 Å². The Morgan fingerprint density at radius 1 is 1.21 bits per heavy atom. The lowest BCUT2D eigenvalue weighted by Gasteiger charge is -2.37. The Morgan fingerprint density at radius 2 is 1.96 bits per heavy atom. The van der Waals surface area contributed by atoms with E-state index in [9.17, 15) is 9.59 Å². The molecule has 3 rings (SSSR count). The van der Waals surface area contributed by atoms with Crippen LogP contribution in [0.15, 0.2) is 4.52 Å². The van der Waals surface area contributed by atoms with Crippen LogP contribution < -0.4 is 5.73 Å². The first kappa shape index (κ1) is 16.7. The number of hydrogen-bond donors (Lipinski definition) is 1. The van der Waals surface area contributed by atoms with Crippen molar-refractivity contribution in [3.8, 4) is 0 Å². The van der Waals surface area contributed by atoms with Gasteiger partial charge >= 0.3 is 6.03 Å². The number of carbonyl (C=O) groups excluding carboxylic acids is 2. The third kappa shape index (κ3) is 3.85. The zero-order valence-electron chi connectivity index (χ0n) is 14.1. The van der Waals surface area contributed by atoms with Crippen LogP contribution in [0.5, 0.6) is 0 Å². The van der Waals surface area contributed by atoms with Gasteiger partial charge in [-0.15, -0.1) is 0 Å². The summed E-state index contributed by atoms with van der Waals surface area (Å²) in [6.07, 6.45) is 4.34. The summed E-state index contributed by atoms with van der Waals surface area (Å²) in [5.41, 5.74) is 5.34. The average molecular weight is 335 g/mol. The molecule has 2 N–H and O–H groups in total. The zero-order valence-corrected chi connectivity index (χ0v) is 14.1. The normalized spacial score (nSPS) is 22.6. The van der Waals surface area contributed by atoms with Crippen LogP contribution in [0.1, 0.15) is 37.4 Å². The molecular weight excluding hydrogens is 310 g/mol. The lowest BCUT2D eigenvalue weighted by atomic mass is 9.91. The number of aryl methyl sites for hydroxylation is 1. The highest BCUT2D eigenvalue weighted by molar-refractivity contribution is 5.80. The molecule has 3 heterocycles. The summed E-state index contributed by atoms with van der Waals surface area (Å²) < 4.78 is 5.18. The van der Waals surface area contributed by atoms with Crippen LogP contribution in [-0.2, 0) is 11.2 Å². The molecule has 2 aliphatic rings. The summed E-state index contributed by atoms with van der Waals surface area (Å²) in [6, 6.07) is -0.430. The van der Waals surface area contributed by atoms with Crippen LogP contribution in [0.3, 0.4) is 0 Å². The fourth-order valence-electron chi connectivity index (χ4n) is 3.66. The first-order chi connectivity index (χ1) is 11.5. The quantitative estimate of drug-likeness (QED) is 0.885. The van der Waals surface area contributed by atoms with E-state index in [-0.39, 0.29) is 11.8 Å². The Kier molecular flexibility index (Phi) is 5.01. The molecule has 0 bridgehead atoms. The third-order valence-electron chi connectivity index (χ3n) is 5.04. The minimum absolute atomic E-state index is 0.110. The minimum atomic E-state index is -0.430. The summed E-state index contributed by atoms with van der Waals surface area (Å²) in [5.74, 6) is 1.87. The SMILES string of the molecule is Cc1noc(CC2CCN(C(=O)[C@@H]3CCCN(C(N)=O)C3)CC2)n1. The molecule has 0 aliphatic carbocycles. The molecule has 1 aromatic heterocycles. The van der Waals surface area contributed by atoms with Crippen molar-refractivity contribution >= 4 is 11.9 Å². The van der Waals surface area contributed by atoms with Crippen LogP contribution in [0.4, 0.5) is 4.79 Å². The molecule has 2 saturated heterocycles. The number of likely N-dealkylation sites (tertiary alicyclic amines) is 2. The van der Waals surface area contributed by atoms with E-state index < -0.39 is 6.03 Å². The number of nitrogens with zero attached hydrogens (tertiary/aromatic N) is 4. The summed E-state index contributed by atoms with van der Waals surface area (Å²) in [4.78, 5) is 31.8. The highest BCUT2D eigenvalue weighted by Crippen LogP contribution is 2.25. The molecule has 0 unspecified atom stereocenters. The van der Waals surface area contributed by atoms with Crippen LogP contribution in [-0.4, -0.2) is 58.1 Å². The molecule has 1 aromatic rings. The van der Waals surface area contributed by atoms with E-state index in [2.05, 4.69) is 10.1 Å². The lowest BCUT2D eigenvalue weighted by Crippen LogP contribution is -2.49. The minimum Gasteiger partial charge on any atom is -0.351 e. The maximum atomic E-state index is 12.7. The van der Waals surface area contributed by atoms with Gasteiger partial charge in [-0.3, -0.25) is 4.79 Å². The Bertz CT molecular complexity index is 594. The van der Waals surface area contributed by atoms with Gasteiger partial charge in [0.25, 0.3) is 0 Å². The molecule has 0 spiro atoms. The highest BCUT2D eigenvalue weighted by atomic mass is 16.5. The summed E-state index contributed by atoms with van der Waals surface area (Å²) in [6.45, 7) is 4.43. The van der Waals surface area contributed by atoms with Gasteiger partial charge in [-0.25, -0.2) is 4.79 Å². The first-order valence-corrected chi connectivity index (χ1v) is 8.65. The summed E-state index contributed by atoms with van der Waals surface area (Å²) in [5, 5.41) is 3.81. The van der Waals surface area contributed by atoms with Crippen molar-refractivity contribution in [1.29, 1.82) is 0 Å². The molecule has 1 atom stereocenters. The molecule has 8 nitrogen and oxygen atoms in total. The lowest BCUT2D eigenvalue weighted by molar-refractivity contribution is -0.138.